The van der Waals surface area contributed by atoms with E-state index in [1.807, 2.05) is 0 Å². The minimum atomic E-state index is -1.90. The normalized spacial score (nSPS) is 48.9. The van der Waals surface area contributed by atoms with E-state index in [-0.39, 0.29) is 41.8 Å². The van der Waals surface area contributed by atoms with Crippen molar-refractivity contribution in [1.82, 2.24) is 0 Å². The van der Waals surface area contributed by atoms with Gasteiger partial charge in [0.2, 0.25) is 0 Å². The number of carbonyl (C=O) groups is 3. The van der Waals surface area contributed by atoms with Gasteiger partial charge in [-0.2, -0.15) is 0 Å². The molecule has 0 spiro atoms. The Hall–Kier alpha value is -1.37. The zero-order valence-electron chi connectivity index (χ0n) is 15.7. The molecule has 3 fully saturated rings. The lowest BCUT2D eigenvalue weighted by atomic mass is 9.45. The Kier molecular flexibility index (Phi) is 4.26. The van der Waals surface area contributed by atoms with Crippen molar-refractivity contribution in [3.05, 3.63) is 11.6 Å². The molecule has 3 N–H and O–H groups in total. The van der Waals surface area contributed by atoms with Crippen LogP contribution < -0.4 is 0 Å². The summed E-state index contributed by atoms with van der Waals surface area (Å²) in [5.41, 5.74) is -2.43. The van der Waals surface area contributed by atoms with Gasteiger partial charge in [0.1, 0.15) is 18.5 Å². The first-order valence-corrected chi connectivity index (χ1v) is 9.98. The molecular weight excluding hydrogens is 348 g/mol. The van der Waals surface area contributed by atoms with Gasteiger partial charge in [-0.15, -0.1) is 0 Å². The summed E-state index contributed by atoms with van der Waals surface area (Å²) in [6.45, 7) is 1.30. The molecule has 27 heavy (non-hydrogen) atoms. The molecule has 0 amide bonds. The van der Waals surface area contributed by atoms with Crippen molar-refractivity contribution in [2.24, 2.45) is 28.6 Å². The van der Waals surface area contributed by atoms with E-state index in [9.17, 15) is 29.7 Å². The summed E-state index contributed by atoms with van der Waals surface area (Å²) in [7, 11) is 0. The van der Waals surface area contributed by atoms with Crippen molar-refractivity contribution < 1.29 is 29.7 Å². The molecule has 0 heterocycles. The summed E-state index contributed by atoms with van der Waals surface area (Å²) in [5.74, 6) is -0.865. The number of aliphatic hydroxyl groups excluding tert-OH is 2. The summed E-state index contributed by atoms with van der Waals surface area (Å²) in [4.78, 5) is 36.5. The second kappa shape index (κ2) is 6.06. The molecule has 3 saturated carbocycles. The second-order valence-electron chi connectivity index (χ2n) is 9.30. The molecule has 4 rings (SSSR count). The number of hydrogen-bond donors (Lipinski definition) is 3. The Balaban J connectivity index is 1.77. The minimum absolute atomic E-state index is 0.00909. The number of fused-ring (bicyclic) bond motifs is 5. The molecule has 0 aromatic carbocycles. The van der Waals surface area contributed by atoms with Crippen LogP contribution in [0.1, 0.15) is 51.9 Å². The van der Waals surface area contributed by atoms with E-state index in [1.54, 1.807) is 6.08 Å². The lowest BCUT2D eigenvalue weighted by Gasteiger charge is -2.59. The summed E-state index contributed by atoms with van der Waals surface area (Å²) < 4.78 is 0. The molecule has 0 aliphatic heterocycles. The molecule has 148 valence electrons. The van der Waals surface area contributed by atoms with E-state index >= 15 is 0 Å². The Morgan fingerprint density at radius 2 is 2.04 bits per heavy atom. The molecule has 4 aliphatic carbocycles. The molecular formula is C21H28O6. The van der Waals surface area contributed by atoms with E-state index in [2.05, 4.69) is 6.92 Å². The first-order valence-electron chi connectivity index (χ1n) is 9.98. The number of ketones is 2. The summed E-state index contributed by atoms with van der Waals surface area (Å²) >= 11 is 0. The monoisotopic (exact) mass is 376 g/mol. The van der Waals surface area contributed by atoms with Gasteiger partial charge in [0, 0.05) is 6.42 Å². The molecule has 0 saturated heterocycles. The maximum Gasteiger partial charge on any atom is 0.190 e. The van der Waals surface area contributed by atoms with Gasteiger partial charge in [-0.25, -0.2) is 0 Å². The van der Waals surface area contributed by atoms with Gasteiger partial charge in [0.25, 0.3) is 0 Å². The van der Waals surface area contributed by atoms with Crippen LogP contribution in [-0.2, 0) is 14.4 Å². The quantitative estimate of drug-likeness (QED) is 0.633. The fraction of sp³-hybridized carbons (Fsp3) is 0.762. The van der Waals surface area contributed by atoms with Gasteiger partial charge < -0.3 is 20.1 Å². The molecule has 6 nitrogen and oxygen atoms in total. The Morgan fingerprint density at radius 3 is 2.70 bits per heavy atom. The first kappa shape index (κ1) is 19.0. The number of rotatable bonds is 3. The third kappa shape index (κ3) is 2.26. The molecule has 0 aromatic heterocycles. The van der Waals surface area contributed by atoms with Crippen molar-refractivity contribution >= 4 is 17.9 Å². The minimum Gasteiger partial charge on any atom is -0.393 e. The standard InChI is InChI=1S/C21H28O6/c1-19-6-4-13(24)8-12(19)2-3-14-15-5-7-21(27,17(26)10-22)20(15,11-23)9-16(25)18(14)19/h8,11,14-16,18,22,25,27H,2-7,9-10H2,1H3. The fourth-order valence-electron chi connectivity index (χ4n) is 7.16. The lowest BCUT2D eigenvalue weighted by molar-refractivity contribution is -0.185. The van der Waals surface area contributed by atoms with E-state index in [4.69, 9.17) is 0 Å². The molecule has 0 aromatic rings. The van der Waals surface area contributed by atoms with Crippen LogP contribution in [0.25, 0.3) is 0 Å². The Labute approximate surface area is 158 Å². The van der Waals surface area contributed by atoms with Crippen LogP contribution >= 0.6 is 0 Å². The predicted octanol–water partition coefficient (Wildman–Crippen LogP) is 0.961. The van der Waals surface area contributed by atoms with Crippen LogP contribution in [0.3, 0.4) is 0 Å². The third-order valence-corrected chi connectivity index (χ3v) is 8.45. The van der Waals surface area contributed by atoms with E-state index in [0.29, 0.717) is 25.5 Å². The van der Waals surface area contributed by atoms with Crippen molar-refractivity contribution in [3.63, 3.8) is 0 Å². The molecule has 7 atom stereocenters. The summed E-state index contributed by atoms with van der Waals surface area (Å²) in [5, 5.41) is 31.6. The SMILES string of the molecule is CC12CCC(=O)C=C1CCC1C2C(O)CC2(C=O)C1CCC2(O)C(=O)CO. The fourth-order valence-corrected chi connectivity index (χ4v) is 7.16. The number of Topliss-reactive ketones (excluding diaryl/α,β-unsaturated/α-hetero) is 1. The number of allylic oxidation sites excluding steroid dienone is 1. The van der Waals surface area contributed by atoms with Crippen LogP contribution in [0.15, 0.2) is 11.6 Å². The lowest BCUT2D eigenvalue weighted by Crippen LogP contribution is -2.63. The Bertz CT molecular complexity index is 728. The van der Waals surface area contributed by atoms with Crippen LogP contribution in [0.2, 0.25) is 0 Å². The van der Waals surface area contributed by atoms with Gasteiger partial charge in [0.15, 0.2) is 11.6 Å². The van der Waals surface area contributed by atoms with E-state index in [1.165, 1.54) is 0 Å². The van der Waals surface area contributed by atoms with Crippen LogP contribution in [0.5, 0.6) is 0 Å². The van der Waals surface area contributed by atoms with Crippen LogP contribution in [0.4, 0.5) is 0 Å². The zero-order chi connectivity index (χ0) is 19.6. The molecule has 0 radical (unpaired) electrons. The average molecular weight is 376 g/mol. The largest absolute Gasteiger partial charge is 0.393 e. The number of aldehydes is 1. The molecule has 6 heteroatoms. The van der Waals surface area contributed by atoms with Gasteiger partial charge in [-0.05, 0) is 67.8 Å². The van der Waals surface area contributed by atoms with Crippen molar-refractivity contribution in [3.8, 4) is 0 Å². The van der Waals surface area contributed by atoms with E-state index < -0.39 is 29.5 Å². The summed E-state index contributed by atoms with van der Waals surface area (Å²) in [6.07, 6.45) is 4.92. The average Bonchev–Trinajstić information content (AvgIpc) is 2.95. The maximum absolute atomic E-state index is 12.4. The molecule has 0 bridgehead atoms. The second-order valence-corrected chi connectivity index (χ2v) is 9.30. The highest BCUT2D eigenvalue weighted by molar-refractivity contribution is 5.93. The van der Waals surface area contributed by atoms with Gasteiger partial charge >= 0.3 is 0 Å². The highest BCUT2D eigenvalue weighted by Crippen LogP contribution is 2.67. The maximum atomic E-state index is 12.4. The van der Waals surface area contributed by atoms with E-state index in [0.717, 1.165) is 18.4 Å². The highest BCUT2D eigenvalue weighted by atomic mass is 16.3. The van der Waals surface area contributed by atoms with Crippen molar-refractivity contribution in [1.29, 1.82) is 0 Å². The number of aliphatic hydroxyl groups is 3. The van der Waals surface area contributed by atoms with Crippen molar-refractivity contribution in [2.75, 3.05) is 6.61 Å². The van der Waals surface area contributed by atoms with Gasteiger partial charge in [0.05, 0.1) is 11.5 Å². The first-order chi connectivity index (χ1) is 12.7. The third-order valence-electron chi connectivity index (χ3n) is 8.45. The number of hydrogen-bond acceptors (Lipinski definition) is 6. The molecule has 7 unspecified atom stereocenters. The summed E-state index contributed by atoms with van der Waals surface area (Å²) in [6, 6.07) is 0. The number of carbonyl (C=O) groups excluding carboxylic acids is 3. The molecule has 4 aliphatic rings. The Morgan fingerprint density at radius 1 is 1.30 bits per heavy atom. The zero-order valence-corrected chi connectivity index (χ0v) is 15.7. The van der Waals surface area contributed by atoms with Crippen molar-refractivity contribution in [2.45, 2.75) is 63.6 Å². The van der Waals surface area contributed by atoms with Crippen LogP contribution in [0, 0.1) is 28.6 Å². The van der Waals surface area contributed by atoms with Crippen LogP contribution in [-0.4, -0.2) is 51.5 Å². The predicted molar refractivity (Wildman–Crippen MR) is 95.5 cm³/mol. The van der Waals surface area contributed by atoms with Gasteiger partial charge in [-0.1, -0.05) is 12.5 Å². The highest BCUT2D eigenvalue weighted by Gasteiger charge is 2.70. The van der Waals surface area contributed by atoms with Gasteiger partial charge in [-0.3, -0.25) is 9.59 Å². The topological polar surface area (TPSA) is 112 Å². The smallest absolute Gasteiger partial charge is 0.190 e.